The number of aromatic nitrogens is 6. The standard InChI is InChI=1S/C9H15N7/c1-6(2)8(10)9-13-7(14-15-9)3-16-5-11-4-12-16/h4-6,8H,3,10H2,1-2H3,(H,13,14,15). The van der Waals surface area contributed by atoms with Crippen LogP contribution in [-0.2, 0) is 6.54 Å². The van der Waals surface area contributed by atoms with Crippen molar-refractivity contribution >= 4 is 0 Å². The van der Waals surface area contributed by atoms with Gasteiger partial charge in [-0.15, -0.1) is 0 Å². The molecule has 0 fully saturated rings. The lowest BCUT2D eigenvalue weighted by atomic mass is 10.1. The Bertz CT molecular complexity index is 430. The number of hydrogen-bond donors (Lipinski definition) is 2. The summed E-state index contributed by atoms with van der Waals surface area (Å²) in [6.45, 7) is 4.61. The highest BCUT2D eigenvalue weighted by atomic mass is 15.3. The molecule has 0 bridgehead atoms. The fourth-order valence-corrected chi connectivity index (χ4v) is 1.30. The predicted molar refractivity (Wildman–Crippen MR) is 57.3 cm³/mol. The maximum Gasteiger partial charge on any atom is 0.167 e. The zero-order chi connectivity index (χ0) is 11.5. The summed E-state index contributed by atoms with van der Waals surface area (Å²) >= 11 is 0. The summed E-state index contributed by atoms with van der Waals surface area (Å²) in [6, 6.07) is -0.138. The molecule has 0 spiro atoms. The number of aromatic amines is 1. The maximum atomic E-state index is 5.94. The Morgan fingerprint density at radius 2 is 2.31 bits per heavy atom. The van der Waals surface area contributed by atoms with E-state index in [9.17, 15) is 0 Å². The molecule has 1 unspecified atom stereocenters. The van der Waals surface area contributed by atoms with Gasteiger partial charge in [-0.25, -0.2) is 14.6 Å². The van der Waals surface area contributed by atoms with Crippen LogP contribution < -0.4 is 5.73 Å². The van der Waals surface area contributed by atoms with Crippen molar-refractivity contribution in [3.8, 4) is 0 Å². The summed E-state index contributed by atoms with van der Waals surface area (Å²) in [5.41, 5.74) is 5.94. The fraction of sp³-hybridized carbons (Fsp3) is 0.556. The molecule has 0 aliphatic heterocycles. The van der Waals surface area contributed by atoms with Gasteiger partial charge in [0.1, 0.15) is 25.0 Å². The number of hydrogen-bond acceptors (Lipinski definition) is 5. The highest BCUT2D eigenvalue weighted by Crippen LogP contribution is 2.14. The van der Waals surface area contributed by atoms with Gasteiger partial charge in [0.2, 0.25) is 0 Å². The van der Waals surface area contributed by atoms with Gasteiger partial charge in [0.25, 0.3) is 0 Å². The Hall–Kier alpha value is -1.76. The summed E-state index contributed by atoms with van der Waals surface area (Å²) < 4.78 is 1.67. The highest BCUT2D eigenvalue weighted by Gasteiger charge is 2.15. The van der Waals surface area contributed by atoms with Crippen LogP contribution in [0.2, 0.25) is 0 Å². The van der Waals surface area contributed by atoms with Crippen molar-refractivity contribution in [2.24, 2.45) is 11.7 Å². The lowest BCUT2D eigenvalue weighted by Gasteiger charge is -2.10. The SMILES string of the molecule is CC(C)C(N)c1n[nH]c(Cn2cncn2)n1. The number of rotatable bonds is 4. The van der Waals surface area contributed by atoms with Crippen LogP contribution in [0.4, 0.5) is 0 Å². The van der Waals surface area contributed by atoms with Crippen LogP contribution in [-0.4, -0.2) is 29.9 Å². The van der Waals surface area contributed by atoms with Gasteiger partial charge in [0, 0.05) is 0 Å². The Morgan fingerprint density at radius 3 is 2.94 bits per heavy atom. The molecular formula is C9H15N7. The van der Waals surface area contributed by atoms with Gasteiger partial charge in [-0.1, -0.05) is 13.8 Å². The van der Waals surface area contributed by atoms with E-state index < -0.39 is 0 Å². The number of nitrogens with zero attached hydrogens (tertiary/aromatic N) is 5. The molecule has 2 rings (SSSR count). The van der Waals surface area contributed by atoms with E-state index in [2.05, 4.69) is 25.3 Å². The predicted octanol–water partition coefficient (Wildman–Crippen LogP) is 0.100. The first-order valence-electron chi connectivity index (χ1n) is 5.16. The third kappa shape index (κ3) is 2.25. The van der Waals surface area contributed by atoms with Crippen LogP contribution in [0.5, 0.6) is 0 Å². The molecule has 2 aromatic rings. The number of nitrogens with one attached hydrogen (secondary N) is 1. The lowest BCUT2D eigenvalue weighted by molar-refractivity contribution is 0.491. The average Bonchev–Trinajstić information content (AvgIpc) is 2.88. The van der Waals surface area contributed by atoms with Crippen molar-refractivity contribution < 1.29 is 0 Å². The molecule has 3 N–H and O–H groups in total. The Labute approximate surface area is 93.1 Å². The van der Waals surface area contributed by atoms with Gasteiger partial charge in [0.15, 0.2) is 5.82 Å². The van der Waals surface area contributed by atoms with Crippen molar-refractivity contribution in [1.29, 1.82) is 0 Å². The molecule has 0 aliphatic rings. The van der Waals surface area contributed by atoms with E-state index in [-0.39, 0.29) is 6.04 Å². The second-order valence-electron chi connectivity index (χ2n) is 4.00. The normalized spacial score (nSPS) is 13.2. The van der Waals surface area contributed by atoms with Crippen LogP contribution in [0, 0.1) is 5.92 Å². The van der Waals surface area contributed by atoms with Crippen LogP contribution >= 0.6 is 0 Å². The molecule has 7 heteroatoms. The molecule has 2 aromatic heterocycles. The van der Waals surface area contributed by atoms with Crippen LogP contribution in [0.3, 0.4) is 0 Å². The third-order valence-electron chi connectivity index (χ3n) is 2.34. The van der Waals surface area contributed by atoms with E-state index >= 15 is 0 Å². The number of H-pyrrole nitrogens is 1. The molecule has 7 nitrogen and oxygen atoms in total. The van der Waals surface area contributed by atoms with Gasteiger partial charge in [-0.3, -0.25) is 5.10 Å². The first kappa shape index (κ1) is 10.7. The van der Waals surface area contributed by atoms with E-state index in [0.29, 0.717) is 18.3 Å². The van der Waals surface area contributed by atoms with Crippen LogP contribution in [0.15, 0.2) is 12.7 Å². The number of nitrogens with two attached hydrogens (primary N) is 1. The average molecular weight is 221 g/mol. The third-order valence-corrected chi connectivity index (χ3v) is 2.34. The van der Waals surface area contributed by atoms with E-state index in [0.717, 1.165) is 5.82 Å². The van der Waals surface area contributed by atoms with E-state index in [4.69, 9.17) is 5.73 Å². The molecule has 0 aliphatic carbocycles. The largest absolute Gasteiger partial charge is 0.321 e. The maximum absolute atomic E-state index is 5.94. The zero-order valence-corrected chi connectivity index (χ0v) is 9.33. The molecule has 0 aromatic carbocycles. The molecular weight excluding hydrogens is 206 g/mol. The Balaban J connectivity index is 2.08. The molecule has 0 radical (unpaired) electrons. The lowest BCUT2D eigenvalue weighted by Crippen LogP contribution is -2.18. The summed E-state index contributed by atoms with van der Waals surface area (Å²) in [4.78, 5) is 8.18. The molecule has 0 saturated carbocycles. The zero-order valence-electron chi connectivity index (χ0n) is 9.33. The van der Waals surface area contributed by atoms with E-state index in [1.54, 1.807) is 11.0 Å². The minimum Gasteiger partial charge on any atom is -0.321 e. The summed E-state index contributed by atoms with van der Waals surface area (Å²) in [5, 5.41) is 10.9. The molecule has 0 saturated heterocycles. The minimum atomic E-state index is -0.138. The van der Waals surface area contributed by atoms with E-state index in [1.807, 2.05) is 13.8 Å². The molecule has 1 atom stereocenters. The minimum absolute atomic E-state index is 0.138. The summed E-state index contributed by atoms with van der Waals surface area (Å²) in [7, 11) is 0. The molecule has 16 heavy (non-hydrogen) atoms. The van der Waals surface area contributed by atoms with Gasteiger partial charge >= 0.3 is 0 Å². The summed E-state index contributed by atoms with van der Waals surface area (Å²) in [5.74, 6) is 1.69. The van der Waals surface area contributed by atoms with Gasteiger partial charge in [-0.2, -0.15) is 10.2 Å². The highest BCUT2D eigenvalue weighted by molar-refractivity contribution is 4.97. The first-order valence-corrected chi connectivity index (χ1v) is 5.16. The monoisotopic (exact) mass is 221 g/mol. The van der Waals surface area contributed by atoms with Crippen LogP contribution in [0.25, 0.3) is 0 Å². The second kappa shape index (κ2) is 4.40. The summed E-state index contributed by atoms with van der Waals surface area (Å²) in [6.07, 6.45) is 3.11. The molecule has 2 heterocycles. The van der Waals surface area contributed by atoms with Crippen LogP contribution in [0.1, 0.15) is 31.5 Å². The van der Waals surface area contributed by atoms with Crippen molar-refractivity contribution in [3.05, 3.63) is 24.3 Å². The van der Waals surface area contributed by atoms with E-state index in [1.165, 1.54) is 6.33 Å². The van der Waals surface area contributed by atoms with Gasteiger partial charge in [-0.05, 0) is 5.92 Å². The van der Waals surface area contributed by atoms with Gasteiger partial charge in [0.05, 0.1) is 6.04 Å². The second-order valence-corrected chi connectivity index (χ2v) is 4.00. The Kier molecular flexibility index (Phi) is 2.95. The smallest absolute Gasteiger partial charge is 0.167 e. The molecule has 0 amide bonds. The Morgan fingerprint density at radius 1 is 1.50 bits per heavy atom. The van der Waals surface area contributed by atoms with Gasteiger partial charge < -0.3 is 5.73 Å². The quantitative estimate of drug-likeness (QED) is 0.763. The van der Waals surface area contributed by atoms with Crippen molar-refractivity contribution in [1.82, 2.24) is 29.9 Å². The van der Waals surface area contributed by atoms with Crippen molar-refractivity contribution in [2.45, 2.75) is 26.4 Å². The van der Waals surface area contributed by atoms with Crippen molar-refractivity contribution in [2.75, 3.05) is 0 Å². The first-order chi connectivity index (χ1) is 7.66. The topological polar surface area (TPSA) is 98.3 Å². The molecule has 86 valence electrons. The van der Waals surface area contributed by atoms with Crippen molar-refractivity contribution in [3.63, 3.8) is 0 Å². The fourth-order valence-electron chi connectivity index (χ4n) is 1.30.